The summed E-state index contributed by atoms with van der Waals surface area (Å²) in [6, 6.07) is 5.63. The Morgan fingerprint density at radius 3 is 2.65 bits per heavy atom. The van der Waals surface area contributed by atoms with E-state index in [1.54, 1.807) is 18.9 Å². The number of nitrogens with zero attached hydrogens (tertiary/aromatic N) is 1. The molecule has 0 aliphatic rings. The van der Waals surface area contributed by atoms with Gasteiger partial charge in [-0.2, -0.15) is 0 Å². The Bertz CT molecular complexity index is 537. The summed E-state index contributed by atoms with van der Waals surface area (Å²) in [5.74, 6) is -0.535. The average Bonchev–Trinajstić information content (AvgIpc) is 2.48. The van der Waals surface area contributed by atoms with Crippen LogP contribution in [-0.2, 0) is 19.1 Å². The van der Waals surface area contributed by atoms with Crippen molar-refractivity contribution in [3.63, 3.8) is 0 Å². The van der Waals surface area contributed by atoms with Crippen LogP contribution >= 0.6 is 15.9 Å². The molecule has 0 heterocycles. The topological polar surface area (TPSA) is 67.9 Å². The number of methoxy groups -OCH3 is 1. The molecule has 6 nitrogen and oxygen atoms in total. The predicted octanol–water partition coefficient (Wildman–Crippen LogP) is 2.21. The molecule has 0 radical (unpaired) electrons. The SMILES string of the molecule is CCOC(=O)CN(CCOC)CC(=O)Nc1ccc(Br)cc1C. The summed E-state index contributed by atoms with van der Waals surface area (Å²) >= 11 is 3.39. The van der Waals surface area contributed by atoms with Crippen LogP contribution in [0.2, 0.25) is 0 Å². The van der Waals surface area contributed by atoms with Gasteiger partial charge in [-0.15, -0.1) is 0 Å². The van der Waals surface area contributed by atoms with Gasteiger partial charge in [0.2, 0.25) is 5.91 Å². The number of rotatable bonds is 9. The highest BCUT2D eigenvalue weighted by Gasteiger charge is 2.15. The first-order valence-corrected chi connectivity index (χ1v) is 8.18. The molecule has 23 heavy (non-hydrogen) atoms. The first-order valence-electron chi connectivity index (χ1n) is 7.39. The van der Waals surface area contributed by atoms with Crippen molar-refractivity contribution in [3.05, 3.63) is 28.2 Å². The Hall–Kier alpha value is -1.44. The summed E-state index contributed by atoms with van der Waals surface area (Å²) in [4.78, 5) is 25.5. The van der Waals surface area contributed by atoms with Gasteiger partial charge < -0.3 is 14.8 Å². The molecule has 0 saturated heterocycles. The number of benzene rings is 1. The smallest absolute Gasteiger partial charge is 0.320 e. The number of ether oxygens (including phenoxy) is 2. The Kier molecular flexibility index (Phi) is 8.83. The zero-order chi connectivity index (χ0) is 17.2. The average molecular weight is 387 g/mol. The molecule has 1 rings (SSSR count). The minimum atomic E-state index is -0.351. The summed E-state index contributed by atoms with van der Waals surface area (Å²) in [6.45, 7) is 5.05. The zero-order valence-electron chi connectivity index (χ0n) is 13.7. The fourth-order valence-corrected chi connectivity index (χ4v) is 2.46. The third-order valence-corrected chi connectivity index (χ3v) is 3.59. The molecule has 1 amide bonds. The first-order chi connectivity index (χ1) is 11.0. The van der Waals surface area contributed by atoms with Crippen LogP contribution in [0.5, 0.6) is 0 Å². The number of nitrogens with one attached hydrogen (secondary N) is 1. The second-order valence-corrected chi connectivity index (χ2v) is 5.93. The molecule has 0 aliphatic carbocycles. The van der Waals surface area contributed by atoms with Gasteiger partial charge in [-0.1, -0.05) is 15.9 Å². The van der Waals surface area contributed by atoms with E-state index >= 15 is 0 Å². The van der Waals surface area contributed by atoms with Crippen LogP contribution < -0.4 is 5.32 Å². The third-order valence-electron chi connectivity index (χ3n) is 3.10. The molecule has 1 aromatic carbocycles. The van der Waals surface area contributed by atoms with E-state index in [9.17, 15) is 9.59 Å². The maximum Gasteiger partial charge on any atom is 0.320 e. The molecule has 7 heteroatoms. The number of hydrogen-bond acceptors (Lipinski definition) is 5. The molecule has 128 valence electrons. The van der Waals surface area contributed by atoms with Crippen molar-refractivity contribution in [1.82, 2.24) is 4.90 Å². The van der Waals surface area contributed by atoms with Crippen LogP contribution in [0.15, 0.2) is 22.7 Å². The van der Waals surface area contributed by atoms with Crippen molar-refractivity contribution >= 4 is 33.5 Å². The molecule has 0 saturated carbocycles. The number of hydrogen-bond donors (Lipinski definition) is 1. The number of carbonyl (C=O) groups is 2. The van der Waals surface area contributed by atoms with Crippen LogP contribution in [0.4, 0.5) is 5.69 Å². The highest BCUT2D eigenvalue weighted by Crippen LogP contribution is 2.19. The molecule has 0 fully saturated rings. The van der Waals surface area contributed by atoms with E-state index < -0.39 is 0 Å². The largest absolute Gasteiger partial charge is 0.465 e. The predicted molar refractivity (Wildman–Crippen MR) is 92.5 cm³/mol. The number of anilines is 1. The van der Waals surface area contributed by atoms with E-state index in [1.807, 2.05) is 25.1 Å². The molecule has 0 spiro atoms. The number of aryl methyl sites for hydroxylation is 1. The van der Waals surface area contributed by atoms with Gasteiger partial charge in [-0.3, -0.25) is 14.5 Å². The first kappa shape index (κ1) is 19.6. The fourth-order valence-electron chi connectivity index (χ4n) is 1.98. The van der Waals surface area contributed by atoms with Crippen LogP contribution in [0, 0.1) is 6.92 Å². The number of esters is 1. The van der Waals surface area contributed by atoms with Crippen molar-refractivity contribution in [2.75, 3.05) is 45.3 Å². The van der Waals surface area contributed by atoms with Crippen molar-refractivity contribution in [2.24, 2.45) is 0 Å². The molecule has 1 N–H and O–H groups in total. The molecular weight excluding hydrogens is 364 g/mol. The summed E-state index contributed by atoms with van der Waals surface area (Å²) in [6.07, 6.45) is 0. The van der Waals surface area contributed by atoms with Crippen LogP contribution in [0.3, 0.4) is 0 Å². The molecule has 0 atom stereocenters. The maximum absolute atomic E-state index is 12.2. The standard InChI is InChI=1S/C16H23BrN2O4/c1-4-23-16(21)11-19(7-8-22-3)10-15(20)18-14-6-5-13(17)9-12(14)2/h5-6,9H,4,7-8,10-11H2,1-3H3,(H,18,20). The van der Waals surface area contributed by atoms with Crippen molar-refractivity contribution in [3.8, 4) is 0 Å². The molecule has 0 unspecified atom stereocenters. The Morgan fingerprint density at radius 2 is 2.04 bits per heavy atom. The van der Waals surface area contributed by atoms with Crippen LogP contribution in [0.25, 0.3) is 0 Å². The quantitative estimate of drug-likeness (QED) is 0.658. The maximum atomic E-state index is 12.2. The lowest BCUT2D eigenvalue weighted by atomic mass is 10.2. The lowest BCUT2D eigenvalue weighted by Gasteiger charge is -2.20. The summed E-state index contributed by atoms with van der Waals surface area (Å²) in [5.41, 5.74) is 1.71. The van der Waals surface area contributed by atoms with E-state index in [0.29, 0.717) is 19.8 Å². The van der Waals surface area contributed by atoms with Gasteiger partial charge in [-0.05, 0) is 37.6 Å². The monoisotopic (exact) mass is 386 g/mol. The zero-order valence-corrected chi connectivity index (χ0v) is 15.3. The van der Waals surface area contributed by atoms with Crippen LogP contribution in [-0.4, -0.2) is 56.7 Å². The molecule has 1 aromatic rings. The summed E-state index contributed by atoms with van der Waals surface area (Å²) in [5, 5.41) is 2.86. The highest BCUT2D eigenvalue weighted by atomic mass is 79.9. The van der Waals surface area contributed by atoms with Gasteiger partial charge in [0, 0.05) is 23.8 Å². The fraction of sp³-hybridized carbons (Fsp3) is 0.500. The lowest BCUT2D eigenvalue weighted by molar-refractivity contribution is -0.144. The van der Waals surface area contributed by atoms with E-state index in [2.05, 4.69) is 21.2 Å². The Labute approximate surface area is 145 Å². The highest BCUT2D eigenvalue weighted by molar-refractivity contribution is 9.10. The Balaban J connectivity index is 2.62. The third kappa shape index (κ3) is 7.58. The van der Waals surface area contributed by atoms with Gasteiger partial charge in [0.15, 0.2) is 0 Å². The van der Waals surface area contributed by atoms with E-state index in [-0.39, 0.29) is 25.0 Å². The van der Waals surface area contributed by atoms with E-state index in [4.69, 9.17) is 9.47 Å². The minimum absolute atomic E-state index is 0.0595. The van der Waals surface area contributed by atoms with Crippen molar-refractivity contribution in [2.45, 2.75) is 13.8 Å². The lowest BCUT2D eigenvalue weighted by Crippen LogP contribution is -2.39. The number of amides is 1. The van der Waals surface area contributed by atoms with Gasteiger partial charge >= 0.3 is 5.97 Å². The molecule has 0 aromatic heterocycles. The summed E-state index contributed by atoms with van der Waals surface area (Å²) < 4.78 is 10.9. The summed E-state index contributed by atoms with van der Waals surface area (Å²) in [7, 11) is 1.58. The number of carbonyl (C=O) groups excluding carboxylic acids is 2. The second-order valence-electron chi connectivity index (χ2n) is 5.02. The second kappa shape index (κ2) is 10.4. The van der Waals surface area contributed by atoms with E-state index in [1.165, 1.54) is 0 Å². The van der Waals surface area contributed by atoms with Gasteiger partial charge in [0.1, 0.15) is 0 Å². The minimum Gasteiger partial charge on any atom is -0.465 e. The van der Waals surface area contributed by atoms with Crippen molar-refractivity contribution < 1.29 is 19.1 Å². The van der Waals surface area contributed by atoms with Gasteiger partial charge in [-0.25, -0.2) is 0 Å². The molecule has 0 bridgehead atoms. The van der Waals surface area contributed by atoms with E-state index in [0.717, 1.165) is 15.7 Å². The van der Waals surface area contributed by atoms with Gasteiger partial charge in [0.05, 0.1) is 26.3 Å². The number of halogens is 1. The van der Waals surface area contributed by atoms with Gasteiger partial charge in [0.25, 0.3) is 0 Å². The molecular formula is C16H23BrN2O4. The molecule has 0 aliphatic heterocycles. The normalized spacial score (nSPS) is 10.7. The van der Waals surface area contributed by atoms with Crippen LogP contribution in [0.1, 0.15) is 12.5 Å². The van der Waals surface area contributed by atoms with Crippen molar-refractivity contribution in [1.29, 1.82) is 0 Å². The Morgan fingerprint density at radius 1 is 1.30 bits per heavy atom.